The Labute approximate surface area is 149 Å². The van der Waals surface area contributed by atoms with E-state index in [2.05, 4.69) is 20.7 Å². The second-order valence-corrected chi connectivity index (χ2v) is 8.72. The molecule has 0 radical (unpaired) electrons. The van der Waals surface area contributed by atoms with Gasteiger partial charge in [-0.15, -0.1) is 0 Å². The van der Waals surface area contributed by atoms with Crippen molar-refractivity contribution < 1.29 is 27.9 Å². The maximum atomic E-state index is 12.2. The van der Waals surface area contributed by atoms with E-state index in [0.29, 0.717) is 4.47 Å². The summed E-state index contributed by atoms with van der Waals surface area (Å²) < 4.78 is 32.0. The number of nitrogens with one attached hydrogen (secondary N) is 1. The zero-order chi connectivity index (χ0) is 18.5. The highest BCUT2D eigenvalue weighted by Crippen LogP contribution is 2.16. The van der Waals surface area contributed by atoms with E-state index in [-0.39, 0.29) is 10.7 Å². The first-order valence-electron chi connectivity index (χ1n) is 7.06. The fraction of sp³-hybridized carbons (Fsp3) is 0.467. The summed E-state index contributed by atoms with van der Waals surface area (Å²) in [6, 6.07) is 4.25. The molecule has 0 amide bonds. The van der Waals surface area contributed by atoms with Crippen LogP contribution in [0, 0.1) is 5.41 Å². The molecule has 0 saturated heterocycles. The Bertz CT molecular complexity index is 694. The lowest BCUT2D eigenvalue weighted by Gasteiger charge is -2.19. The number of halogens is 1. The quantitative estimate of drug-likeness (QED) is 0.640. The van der Waals surface area contributed by atoms with E-state index in [1.54, 1.807) is 20.8 Å². The highest BCUT2D eigenvalue weighted by molar-refractivity contribution is 9.10. The van der Waals surface area contributed by atoms with Crippen LogP contribution in [0.15, 0.2) is 33.6 Å². The fourth-order valence-electron chi connectivity index (χ4n) is 1.48. The van der Waals surface area contributed by atoms with Crippen molar-refractivity contribution in [3.05, 3.63) is 28.7 Å². The summed E-state index contributed by atoms with van der Waals surface area (Å²) in [6.45, 7) is 3.73. The topological polar surface area (TPSA) is 110 Å². The first kappa shape index (κ1) is 20.8. The molecule has 24 heavy (non-hydrogen) atoms. The summed E-state index contributed by atoms with van der Waals surface area (Å²) in [5.41, 5.74) is -0.689. The Morgan fingerprint density at radius 1 is 1.25 bits per heavy atom. The Kier molecular flexibility index (Phi) is 7.09. The summed E-state index contributed by atoms with van der Waals surface area (Å²) in [5, 5.41) is 9.26. The fourth-order valence-corrected chi connectivity index (χ4v) is 2.92. The molecule has 1 aromatic rings. The maximum absolute atomic E-state index is 12.2. The van der Waals surface area contributed by atoms with Gasteiger partial charge in [-0.05, 0) is 24.3 Å². The molecule has 1 rings (SSSR count). The first-order valence-corrected chi connectivity index (χ1v) is 9.33. The van der Waals surface area contributed by atoms with Gasteiger partial charge in [0.1, 0.15) is 6.04 Å². The normalized spacial score (nSPS) is 13.4. The zero-order valence-electron chi connectivity index (χ0n) is 13.6. The van der Waals surface area contributed by atoms with Gasteiger partial charge in [0, 0.05) is 9.89 Å². The average Bonchev–Trinajstić information content (AvgIpc) is 2.49. The van der Waals surface area contributed by atoms with Crippen LogP contribution in [0.2, 0.25) is 0 Å². The van der Waals surface area contributed by atoms with Crippen LogP contribution in [0.3, 0.4) is 0 Å². The maximum Gasteiger partial charge on any atom is 0.327 e. The van der Waals surface area contributed by atoms with Crippen LogP contribution in [0.25, 0.3) is 0 Å². The molecule has 0 saturated carbocycles. The van der Waals surface area contributed by atoms with E-state index in [9.17, 15) is 23.1 Å². The summed E-state index contributed by atoms with van der Waals surface area (Å²) in [5.74, 6) is -1.33. The SMILES string of the molecule is CC(C)(C)C(=O)COC(=O)[C@H](CO)NS(=O)(=O)c1ccc(Br)cc1. The van der Waals surface area contributed by atoms with Gasteiger partial charge >= 0.3 is 5.97 Å². The molecule has 1 atom stereocenters. The minimum absolute atomic E-state index is 0.0669. The molecule has 0 fully saturated rings. The van der Waals surface area contributed by atoms with Crippen LogP contribution in [-0.2, 0) is 24.3 Å². The largest absolute Gasteiger partial charge is 0.456 e. The number of aliphatic hydroxyl groups is 1. The van der Waals surface area contributed by atoms with Gasteiger partial charge in [0.15, 0.2) is 12.4 Å². The number of benzene rings is 1. The third kappa shape index (κ3) is 5.97. The predicted octanol–water partition coefficient (Wildman–Crippen LogP) is 1.25. The number of aliphatic hydroxyl groups excluding tert-OH is 1. The van der Waals surface area contributed by atoms with Crippen molar-refractivity contribution in [3.63, 3.8) is 0 Å². The van der Waals surface area contributed by atoms with Crippen LogP contribution in [-0.4, -0.2) is 44.5 Å². The number of ketones is 1. The molecule has 0 aliphatic heterocycles. The van der Waals surface area contributed by atoms with Crippen LogP contribution >= 0.6 is 15.9 Å². The Morgan fingerprint density at radius 2 is 1.79 bits per heavy atom. The molecule has 134 valence electrons. The number of carbonyl (C=O) groups is 2. The van der Waals surface area contributed by atoms with Crippen LogP contribution in [0.4, 0.5) is 0 Å². The van der Waals surface area contributed by atoms with E-state index >= 15 is 0 Å². The number of rotatable bonds is 7. The van der Waals surface area contributed by atoms with Gasteiger partial charge in [-0.2, -0.15) is 4.72 Å². The molecular formula is C15H20BrNO6S. The smallest absolute Gasteiger partial charge is 0.327 e. The van der Waals surface area contributed by atoms with Gasteiger partial charge in [-0.25, -0.2) is 8.42 Å². The third-order valence-electron chi connectivity index (χ3n) is 3.07. The predicted molar refractivity (Wildman–Crippen MR) is 90.8 cm³/mol. The number of ether oxygens (including phenoxy) is 1. The van der Waals surface area contributed by atoms with Crippen molar-refractivity contribution in [1.29, 1.82) is 0 Å². The number of sulfonamides is 1. The van der Waals surface area contributed by atoms with E-state index in [1.807, 2.05) is 0 Å². The first-order chi connectivity index (χ1) is 11.0. The van der Waals surface area contributed by atoms with E-state index in [1.165, 1.54) is 24.3 Å². The summed E-state index contributed by atoms with van der Waals surface area (Å²) in [6.07, 6.45) is 0. The van der Waals surface area contributed by atoms with Crippen LogP contribution in [0.1, 0.15) is 20.8 Å². The van der Waals surface area contributed by atoms with Gasteiger partial charge in [0.05, 0.1) is 11.5 Å². The third-order valence-corrected chi connectivity index (χ3v) is 5.09. The molecule has 0 aliphatic rings. The molecule has 2 N–H and O–H groups in total. The van der Waals surface area contributed by atoms with Crippen molar-refractivity contribution in [2.75, 3.05) is 13.2 Å². The molecule has 0 heterocycles. The molecule has 9 heteroatoms. The van der Waals surface area contributed by atoms with Gasteiger partial charge in [0.25, 0.3) is 0 Å². The van der Waals surface area contributed by atoms with Gasteiger partial charge in [-0.1, -0.05) is 36.7 Å². The second-order valence-electron chi connectivity index (χ2n) is 6.09. The molecule has 1 aromatic carbocycles. The minimum atomic E-state index is -4.02. The molecule has 7 nitrogen and oxygen atoms in total. The Hall–Kier alpha value is -1.29. The van der Waals surface area contributed by atoms with Crippen LogP contribution < -0.4 is 4.72 Å². The lowest BCUT2D eigenvalue weighted by atomic mass is 9.91. The molecule has 0 bridgehead atoms. The second kappa shape index (κ2) is 8.19. The van der Waals surface area contributed by atoms with Crippen molar-refractivity contribution in [3.8, 4) is 0 Å². The number of carbonyl (C=O) groups excluding carboxylic acids is 2. The van der Waals surface area contributed by atoms with Gasteiger partial charge in [0.2, 0.25) is 10.0 Å². The van der Waals surface area contributed by atoms with Gasteiger partial charge in [-0.3, -0.25) is 9.59 Å². The molecule has 0 unspecified atom stereocenters. The highest BCUT2D eigenvalue weighted by Gasteiger charge is 2.28. The van der Waals surface area contributed by atoms with Crippen molar-refractivity contribution >= 4 is 37.7 Å². The Balaban J connectivity index is 2.77. The zero-order valence-corrected chi connectivity index (χ0v) is 16.0. The number of hydrogen-bond donors (Lipinski definition) is 2. The average molecular weight is 422 g/mol. The van der Waals surface area contributed by atoms with E-state index in [4.69, 9.17) is 4.74 Å². The standard InChI is InChI=1S/C15H20BrNO6S/c1-15(2,3)13(19)9-23-14(20)12(8-18)17-24(21,22)11-6-4-10(16)5-7-11/h4-7,12,17-18H,8-9H2,1-3H3/t12-/m0/s1. The minimum Gasteiger partial charge on any atom is -0.456 e. The number of esters is 1. The lowest BCUT2D eigenvalue weighted by Crippen LogP contribution is -2.45. The summed E-state index contributed by atoms with van der Waals surface area (Å²) >= 11 is 3.19. The Morgan fingerprint density at radius 3 is 2.25 bits per heavy atom. The molecule has 0 aliphatic carbocycles. The van der Waals surface area contributed by atoms with E-state index in [0.717, 1.165) is 0 Å². The van der Waals surface area contributed by atoms with Crippen molar-refractivity contribution in [2.24, 2.45) is 5.41 Å². The van der Waals surface area contributed by atoms with Gasteiger partial charge < -0.3 is 9.84 Å². The number of Topliss-reactive ketones (excluding diaryl/α,β-unsaturated/α-hetero) is 1. The van der Waals surface area contributed by atoms with Crippen molar-refractivity contribution in [2.45, 2.75) is 31.7 Å². The number of hydrogen-bond acceptors (Lipinski definition) is 6. The summed E-state index contributed by atoms with van der Waals surface area (Å²) in [4.78, 5) is 23.6. The lowest BCUT2D eigenvalue weighted by molar-refractivity contribution is -0.152. The monoisotopic (exact) mass is 421 g/mol. The molecule has 0 spiro atoms. The highest BCUT2D eigenvalue weighted by atomic mass is 79.9. The van der Waals surface area contributed by atoms with E-state index < -0.39 is 40.7 Å². The molecular weight excluding hydrogens is 402 g/mol. The molecule has 0 aromatic heterocycles. The van der Waals surface area contributed by atoms with Crippen molar-refractivity contribution in [1.82, 2.24) is 4.72 Å². The van der Waals surface area contributed by atoms with Crippen LogP contribution in [0.5, 0.6) is 0 Å². The summed E-state index contributed by atoms with van der Waals surface area (Å²) in [7, 11) is -4.02.